The van der Waals surface area contributed by atoms with Crippen LogP contribution < -0.4 is 5.73 Å². The normalized spacial score (nSPS) is 18.2. The zero-order valence-electron chi connectivity index (χ0n) is 8.79. The number of fused-ring (bicyclic) bond motifs is 1. The Morgan fingerprint density at radius 2 is 2.07 bits per heavy atom. The Hall–Kier alpha value is -1.03. The molecule has 0 aliphatic carbocycles. The first-order chi connectivity index (χ1) is 6.68. The van der Waals surface area contributed by atoms with E-state index in [0.29, 0.717) is 11.9 Å². The number of rotatable bonds is 1. The number of hydrogen-bond acceptors (Lipinski definition) is 4. The Morgan fingerprint density at radius 1 is 1.36 bits per heavy atom. The smallest absolute Gasteiger partial charge is 0.225 e. The molecule has 0 saturated carbocycles. The zero-order valence-corrected chi connectivity index (χ0v) is 8.79. The maximum absolute atomic E-state index is 5.70. The average molecular weight is 195 g/mol. The van der Waals surface area contributed by atoms with Crippen molar-refractivity contribution >= 4 is 5.88 Å². The summed E-state index contributed by atoms with van der Waals surface area (Å²) in [5.74, 6) is 0.505. The summed E-state index contributed by atoms with van der Waals surface area (Å²) in [6, 6.07) is 0.595. The first-order valence-electron chi connectivity index (χ1n) is 5.15. The predicted octanol–water partition coefficient (Wildman–Crippen LogP) is 1.07. The number of anilines is 1. The molecule has 0 spiro atoms. The third-order valence-electron chi connectivity index (χ3n) is 2.92. The van der Waals surface area contributed by atoms with Crippen LogP contribution in [0.2, 0.25) is 0 Å². The summed E-state index contributed by atoms with van der Waals surface area (Å²) in [5.41, 5.74) is 7.87. The van der Waals surface area contributed by atoms with Gasteiger partial charge in [-0.3, -0.25) is 0 Å². The van der Waals surface area contributed by atoms with E-state index < -0.39 is 0 Å². The van der Waals surface area contributed by atoms with Gasteiger partial charge in [-0.15, -0.1) is 0 Å². The molecule has 1 aliphatic rings. The molecular formula is C10H17N3O. The third kappa shape index (κ3) is 1.62. The zero-order chi connectivity index (χ0) is 10.1. The van der Waals surface area contributed by atoms with Crippen molar-refractivity contribution in [1.29, 1.82) is 0 Å². The molecule has 2 heterocycles. The van der Waals surface area contributed by atoms with Crippen LogP contribution in [0.5, 0.6) is 0 Å². The van der Waals surface area contributed by atoms with Gasteiger partial charge in [0.1, 0.15) is 0 Å². The summed E-state index contributed by atoms with van der Waals surface area (Å²) in [5, 5.41) is 3.98. The number of nitrogen functional groups attached to an aromatic ring is 1. The average Bonchev–Trinajstić information content (AvgIpc) is 2.38. The second-order valence-electron chi connectivity index (χ2n) is 4.10. The maximum atomic E-state index is 5.70. The minimum absolute atomic E-state index is 0.505. The molecular weight excluding hydrogens is 178 g/mol. The third-order valence-corrected chi connectivity index (χ3v) is 2.92. The highest BCUT2D eigenvalue weighted by atomic mass is 16.5. The van der Waals surface area contributed by atoms with Gasteiger partial charge >= 0.3 is 0 Å². The lowest BCUT2D eigenvalue weighted by Gasteiger charge is -2.23. The van der Waals surface area contributed by atoms with Gasteiger partial charge in [-0.1, -0.05) is 5.16 Å². The molecule has 0 aromatic carbocycles. The fourth-order valence-corrected chi connectivity index (χ4v) is 1.95. The van der Waals surface area contributed by atoms with Crippen LogP contribution in [0.15, 0.2) is 4.52 Å². The van der Waals surface area contributed by atoms with E-state index in [-0.39, 0.29) is 0 Å². The van der Waals surface area contributed by atoms with Crippen LogP contribution >= 0.6 is 0 Å². The van der Waals surface area contributed by atoms with Crippen molar-refractivity contribution in [3.8, 4) is 0 Å². The van der Waals surface area contributed by atoms with E-state index in [4.69, 9.17) is 10.3 Å². The van der Waals surface area contributed by atoms with Crippen LogP contribution in [0.4, 0.5) is 5.88 Å². The highest BCUT2D eigenvalue weighted by molar-refractivity contribution is 5.39. The van der Waals surface area contributed by atoms with Crippen LogP contribution in [0.1, 0.15) is 25.1 Å². The molecule has 1 aliphatic heterocycles. The quantitative estimate of drug-likeness (QED) is 0.728. The van der Waals surface area contributed by atoms with E-state index in [1.165, 1.54) is 0 Å². The van der Waals surface area contributed by atoms with Crippen molar-refractivity contribution in [2.45, 2.75) is 32.7 Å². The number of nitrogens with zero attached hydrogens (tertiary/aromatic N) is 2. The van der Waals surface area contributed by atoms with E-state index >= 15 is 0 Å². The van der Waals surface area contributed by atoms with Crippen LogP contribution in [-0.4, -0.2) is 29.2 Å². The molecule has 0 unspecified atom stereocenters. The molecule has 14 heavy (non-hydrogen) atoms. The Bertz CT molecular complexity index is 319. The summed E-state index contributed by atoms with van der Waals surface area (Å²) in [6.45, 7) is 6.54. The summed E-state index contributed by atoms with van der Waals surface area (Å²) >= 11 is 0. The SMILES string of the molecule is CC(C)N1CCc2noc(N)c2CC1. The van der Waals surface area contributed by atoms with Crippen molar-refractivity contribution in [2.75, 3.05) is 18.8 Å². The topological polar surface area (TPSA) is 55.3 Å². The lowest BCUT2D eigenvalue weighted by atomic mass is 10.1. The Morgan fingerprint density at radius 3 is 2.79 bits per heavy atom. The Kier molecular flexibility index (Phi) is 2.46. The molecule has 2 rings (SSSR count). The van der Waals surface area contributed by atoms with Crippen LogP contribution in [0, 0.1) is 0 Å². The van der Waals surface area contributed by atoms with Gasteiger partial charge in [-0.05, 0) is 20.3 Å². The number of hydrogen-bond donors (Lipinski definition) is 1. The van der Waals surface area contributed by atoms with Gasteiger partial charge in [0, 0.05) is 31.1 Å². The molecule has 0 amide bonds. The van der Waals surface area contributed by atoms with Gasteiger partial charge < -0.3 is 15.2 Å². The van der Waals surface area contributed by atoms with Crippen molar-refractivity contribution in [3.63, 3.8) is 0 Å². The van der Waals surface area contributed by atoms with Crippen LogP contribution in [-0.2, 0) is 12.8 Å². The maximum Gasteiger partial charge on any atom is 0.225 e. The molecule has 0 radical (unpaired) electrons. The molecule has 1 aromatic heterocycles. The van der Waals surface area contributed by atoms with Gasteiger partial charge in [0.15, 0.2) is 0 Å². The monoisotopic (exact) mass is 195 g/mol. The van der Waals surface area contributed by atoms with Crippen molar-refractivity contribution < 1.29 is 4.52 Å². The van der Waals surface area contributed by atoms with Crippen LogP contribution in [0.3, 0.4) is 0 Å². The molecule has 1 aromatic rings. The lowest BCUT2D eigenvalue weighted by Crippen LogP contribution is -2.33. The molecule has 4 nitrogen and oxygen atoms in total. The number of aromatic nitrogens is 1. The van der Waals surface area contributed by atoms with Crippen LogP contribution in [0.25, 0.3) is 0 Å². The van der Waals surface area contributed by atoms with E-state index in [0.717, 1.165) is 37.2 Å². The van der Waals surface area contributed by atoms with Crippen molar-refractivity contribution in [3.05, 3.63) is 11.3 Å². The Labute approximate surface area is 84.0 Å². The molecule has 4 heteroatoms. The minimum Gasteiger partial charge on any atom is -0.367 e. The summed E-state index contributed by atoms with van der Waals surface area (Å²) < 4.78 is 4.98. The summed E-state index contributed by atoms with van der Waals surface area (Å²) in [4.78, 5) is 2.45. The van der Waals surface area contributed by atoms with E-state index in [9.17, 15) is 0 Å². The van der Waals surface area contributed by atoms with Gasteiger partial charge in [0.05, 0.1) is 5.69 Å². The fraction of sp³-hybridized carbons (Fsp3) is 0.700. The highest BCUT2D eigenvalue weighted by Crippen LogP contribution is 2.21. The van der Waals surface area contributed by atoms with Gasteiger partial charge in [0.2, 0.25) is 5.88 Å². The van der Waals surface area contributed by atoms with E-state index in [1.54, 1.807) is 0 Å². The minimum atomic E-state index is 0.505. The summed E-state index contributed by atoms with van der Waals surface area (Å²) in [7, 11) is 0. The second kappa shape index (κ2) is 3.61. The Balaban J connectivity index is 2.14. The summed E-state index contributed by atoms with van der Waals surface area (Å²) in [6.07, 6.45) is 1.91. The van der Waals surface area contributed by atoms with Gasteiger partial charge in [0.25, 0.3) is 0 Å². The highest BCUT2D eigenvalue weighted by Gasteiger charge is 2.20. The second-order valence-corrected chi connectivity index (χ2v) is 4.10. The lowest BCUT2D eigenvalue weighted by molar-refractivity contribution is 0.230. The first kappa shape index (κ1) is 9.52. The van der Waals surface area contributed by atoms with Crippen molar-refractivity contribution in [2.24, 2.45) is 0 Å². The van der Waals surface area contributed by atoms with Gasteiger partial charge in [-0.25, -0.2) is 0 Å². The first-order valence-corrected chi connectivity index (χ1v) is 5.15. The van der Waals surface area contributed by atoms with E-state index in [2.05, 4.69) is 23.9 Å². The largest absolute Gasteiger partial charge is 0.367 e. The molecule has 78 valence electrons. The fourth-order valence-electron chi connectivity index (χ4n) is 1.95. The molecule has 0 atom stereocenters. The molecule has 0 bridgehead atoms. The molecule has 0 fully saturated rings. The standard InChI is InChI=1S/C10H17N3O/c1-7(2)13-5-3-8-9(4-6-13)12-14-10(8)11/h7H,3-6,11H2,1-2H3. The number of nitrogens with two attached hydrogens (primary N) is 1. The molecule has 2 N–H and O–H groups in total. The van der Waals surface area contributed by atoms with Crippen molar-refractivity contribution in [1.82, 2.24) is 10.1 Å². The molecule has 0 saturated heterocycles. The predicted molar refractivity (Wildman–Crippen MR) is 55.0 cm³/mol. The van der Waals surface area contributed by atoms with E-state index in [1.807, 2.05) is 0 Å². The van der Waals surface area contributed by atoms with Gasteiger partial charge in [-0.2, -0.15) is 0 Å².